The van der Waals surface area contributed by atoms with Crippen molar-refractivity contribution >= 4 is 35.8 Å². The van der Waals surface area contributed by atoms with Crippen molar-refractivity contribution in [2.75, 3.05) is 34.4 Å². The normalized spacial score (nSPS) is 16.8. The molecule has 0 spiro atoms. The summed E-state index contributed by atoms with van der Waals surface area (Å²) < 4.78 is 10.6. The number of amides is 1. The van der Waals surface area contributed by atoms with Crippen LogP contribution in [0, 0.1) is 0 Å². The van der Waals surface area contributed by atoms with E-state index in [0.717, 1.165) is 24.9 Å². The van der Waals surface area contributed by atoms with Gasteiger partial charge in [0, 0.05) is 39.1 Å². The first kappa shape index (κ1) is 24.3. The highest BCUT2D eigenvalue weighted by Gasteiger charge is 2.22. The second-order valence-corrected chi connectivity index (χ2v) is 6.72. The molecule has 1 atom stereocenters. The van der Waals surface area contributed by atoms with Gasteiger partial charge in [-0.1, -0.05) is 6.07 Å². The van der Waals surface area contributed by atoms with Gasteiger partial charge in [-0.25, -0.2) is 0 Å². The molecule has 1 aliphatic rings. The Bertz CT molecular complexity index is 654. The standard InChI is InChI=1S/C20H32N4O3.HI/c1-15-7-5-6-12-24(15)19(25)10-11-22-20(21-2)23-14-16-8-9-17(26-3)18(13-16)27-4;/h8-9,13,15H,5-7,10-12,14H2,1-4H3,(H2,21,22,23);1H. The molecule has 1 aromatic carbocycles. The van der Waals surface area contributed by atoms with Gasteiger partial charge in [-0.15, -0.1) is 24.0 Å². The van der Waals surface area contributed by atoms with Crippen molar-refractivity contribution in [1.29, 1.82) is 0 Å². The minimum Gasteiger partial charge on any atom is -0.493 e. The fourth-order valence-corrected chi connectivity index (χ4v) is 3.30. The Kier molecular flexibility index (Phi) is 11.0. The number of nitrogens with one attached hydrogen (secondary N) is 2. The molecule has 158 valence electrons. The number of carbonyl (C=O) groups is 1. The van der Waals surface area contributed by atoms with Crippen LogP contribution in [0.4, 0.5) is 0 Å². The molecule has 1 aliphatic heterocycles. The Balaban J connectivity index is 0.00000392. The number of piperidine rings is 1. The van der Waals surface area contributed by atoms with Gasteiger partial charge in [0.25, 0.3) is 0 Å². The Labute approximate surface area is 185 Å². The Morgan fingerprint density at radius 2 is 1.96 bits per heavy atom. The monoisotopic (exact) mass is 504 g/mol. The lowest BCUT2D eigenvalue weighted by Crippen LogP contribution is -2.44. The molecule has 1 fully saturated rings. The van der Waals surface area contributed by atoms with Crippen LogP contribution >= 0.6 is 24.0 Å². The van der Waals surface area contributed by atoms with Crippen LogP contribution in [0.2, 0.25) is 0 Å². The maximum Gasteiger partial charge on any atom is 0.224 e. The van der Waals surface area contributed by atoms with Gasteiger partial charge < -0.3 is 25.0 Å². The first-order chi connectivity index (χ1) is 13.1. The van der Waals surface area contributed by atoms with Crippen LogP contribution in [0.5, 0.6) is 11.5 Å². The number of nitrogens with zero attached hydrogens (tertiary/aromatic N) is 2. The smallest absolute Gasteiger partial charge is 0.224 e. The van der Waals surface area contributed by atoms with Gasteiger partial charge >= 0.3 is 0 Å². The number of halogens is 1. The molecule has 1 unspecified atom stereocenters. The number of carbonyl (C=O) groups excluding carboxylic acids is 1. The Morgan fingerprint density at radius 1 is 1.21 bits per heavy atom. The second kappa shape index (κ2) is 12.7. The van der Waals surface area contributed by atoms with E-state index in [1.54, 1.807) is 21.3 Å². The predicted molar refractivity (Wildman–Crippen MR) is 123 cm³/mol. The lowest BCUT2D eigenvalue weighted by molar-refractivity contribution is -0.134. The minimum atomic E-state index is 0. The molecular weight excluding hydrogens is 471 g/mol. The van der Waals surface area contributed by atoms with E-state index in [2.05, 4.69) is 22.5 Å². The second-order valence-electron chi connectivity index (χ2n) is 6.72. The third kappa shape index (κ3) is 7.03. The molecule has 0 aromatic heterocycles. The summed E-state index contributed by atoms with van der Waals surface area (Å²) in [6, 6.07) is 6.14. The van der Waals surface area contributed by atoms with E-state index < -0.39 is 0 Å². The van der Waals surface area contributed by atoms with Crippen LogP contribution in [0.3, 0.4) is 0 Å². The maximum atomic E-state index is 12.4. The summed E-state index contributed by atoms with van der Waals surface area (Å²) in [5, 5.41) is 6.47. The summed E-state index contributed by atoms with van der Waals surface area (Å²) in [6.07, 6.45) is 3.91. The number of guanidine groups is 1. The van der Waals surface area contributed by atoms with Crippen molar-refractivity contribution in [3.63, 3.8) is 0 Å². The SMILES string of the molecule is CN=C(NCCC(=O)N1CCCCC1C)NCc1ccc(OC)c(OC)c1.I. The van der Waals surface area contributed by atoms with Gasteiger partial charge in [-0.2, -0.15) is 0 Å². The third-order valence-electron chi connectivity index (χ3n) is 4.89. The average molecular weight is 504 g/mol. The van der Waals surface area contributed by atoms with Gasteiger partial charge in [0.05, 0.1) is 14.2 Å². The van der Waals surface area contributed by atoms with Gasteiger partial charge in [0.2, 0.25) is 5.91 Å². The van der Waals surface area contributed by atoms with Crippen LogP contribution in [-0.4, -0.2) is 57.2 Å². The summed E-state index contributed by atoms with van der Waals surface area (Å²) in [4.78, 5) is 18.6. The van der Waals surface area contributed by atoms with Crippen molar-refractivity contribution in [3.8, 4) is 11.5 Å². The number of methoxy groups -OCH3 is 2. The topological polar surface area (TPSA) is 75.2 Å². The largest absolute Gasteiger partial charge is 0.493 e. The Morgan fingerprint density at radius 3 is 2.61 bits per heavy atom. The maximum absolute atomic E-state index is 12.4. The molecule has 0 bridgehead atoms. The molecule has 0 saturated carbocycles. The Hall–Kier alpha value is -1.71. The fourth-order valence-electron chi connectivity index (χ4n) is 3.30. The predicted octanol–water partition coefficient (Wildman–Crippen LogP) is 2.78. The fraction of sp³-hybridized carbons (Fsp3) is 0.600. The van der Waals surface area contributed by atoms with E-state index in [0.29, 0.717) is 43.0 Å². The van der Waals surface area contributed by atoms with E-state index in [1.807, 2.05) is 23.1 Å². The van der Waals surface area contributed by atoms with Crippen molar-refractivity contribution in [2.24, 2.45) is 4.99 Å². The van der Waals surface area contributed by atoms with Crippen molar-refractivity contribution in [3.05, 3.63) is 23.8 Å². The van der Waals surface area contributed by atoms with E-state index in [4.69, 9.17) is 9.47 Å². The molecule has 0 aliphatic carbocycles. The summed E-state index contributed by atoms with van der Waals surface area (Å²) in [5.41, 5.74) is 1.05. The number of benzene rings is 1. The van der Waals surface area contributed by atoms with Gasteiger partial charge in [-0.3, -0.25) is 9.79 Å². The van der Waals surface area contributed by atoms with Crippen molar-refractivity contribution < 1.29 is 14.3 Å². The number of hydrogen-bond acceptors (Lipinski definition) is 4. The van der Waals surface area contributed by atoms with Crippen molar-refractivity contribution in [1.82, 2.24) is 15.5 Å². The molecule has 1 aromatic rings. The number of likely N-dealkylation sites (tertiary alicyclic amines) is 1. The van der Waals surface area contributed by atoms with E-state index in [1.165, 1.54) is 6.42 Å². The number of aliphatic imine (C=N–C) groups is 1. The highest BCUT2D eigenvalue weighted by Crippen LogP contribution is 2.27. The van der Waals surface area contributed by atoms with Crippen molar-refractivity contribution in [2.45, 2.75) is 45.2 Å². The molecule has 1 amide bonds. The van der Waals surface area contributed by atoms with Crippen LogP contribution < -0.4 is 20.1 Å². The molecule has 1 saturated heterocycles. The van der Waals surface area contributed by atoms with Gasteiger partial charge in [-0.05, 0) is 43.9 Å². The van der Waals surface area contributed by atoms with Crippen LogP contribution in [0.15, 0.2) is 23.2 Å². The summed E-state index contributed by atoms with van der Waals surface area (Å²) in [6.45, 7) is 4.17. The lowest BCUT2D eigenvalue weighted by Gasteiger charge is -2.33. The summed E-state index contributed by atoms with van der Waals surface area (Å²) in [5.74, 6) is 2.28. The zero-order valence-corrected chi connectivity index (χ0v) is 19.6. The number of hydrogen-bond donors (Lipinski definition) is 2. The summed E-state index contributed by atoms with van der Waals surface area (Å²) in [7, 11) is 4.96. The van der Waals surface area contributed by atoms with E-state index >= 15 is 0 Å². The van der Waals surface area contributed by atoms with Crippen LogP contribution in [0.1, 0.15) is 38.2 Å². The van der Waals surface area contributed by atoms with Gasteiger partial charge in [0.15, 0.2) is 17.5 Å². The first-order valence-electron chi connectivity index (χ1n) is 9.54. The van der Waals surface area contributed by atoms with Crippen LogP contribution in [-0.2, 0) is 11.3 Å². The molecule has 2 N–H and O–H groups in total. The highest BCUT2D eigenvalue weighted by atomic mass is 127. The lowest BCUT2D eigenvalue weighted by atomic mass is 10.0. The van der Waals surface area contributed by atoms with Gasteiger partial charge in [0.1, 0.15) is 0 Å². The molecule has 8 heteroatoms. The molecule has 28 heavy (non-hydrogen) atoms. The first-order valence-corrected chi connectivity index (χ1v) is 9.54. The molecule has 0 radical (unpaired) electrons. The average Bonchev–Trinajstić information content (AvgIpc) is 2.70. The van der Waals surface area contributed by atoms with Crippen LogP contribution in [0.25, 0.3) is 0 Å². The molecule has 2 rings (SSSR count). The zero-order chi connectivity index (χ0) is 19.6. The zero-order valence-electron chi connectivity index (χ0n) is 17.3. The quantitative estimate of drug-likeness (QED) is 0.340. The van der Waals surface area contributed by atoms with E-state index in [9.17, 15) is 4.79 Å². The molecular formula is C20H33IN4O3. The summed E-state index contributed by atoms with van der Waals surface area (Å²) >= 11 is 0. The van der Waals surface area contributed by atoms with E-state index in [-0.39, 0.29) is 29.9 Å². The molecule has 1 heterocycles. The molecule has 7 nitrogen and oxygen atoms in total. The minimum absolute atomic E-state index is 0. The number of rotatable bonds is 7. The third-order valence-corrected chi connectivity index (χ3v) is 4.89. The number of ether oxygens (including phenoxy) is 2. The highest BCUT2D eigenvalue weighted by molar-refractivity contribution is 14.0.